The summed E-state index contributed by atoms with van der Waals surface area (Å²) in [5.74, 6) is -0.0660. The maximum atomic E-state index is 12.7. The van der Waals surface area contributed by atoms with Crippen molar-refractivity contribution in [3.05, 3.63) is 42.2 Å². The highest BCUT2D eigenvalue weighted by molar-refractivity contribution is 5.99. The Morgan fingerprint density at radius 2 is 1.63 bits per heavy atom. The van der Waals surface area contributed by atoms with Crippen molar-refractivity contribution < 1.29 is 9.59 Å². The first kappa shape index (κ1) is 18.8. The van der Waals surface area contributed by atoms with Crippen molar-refractivity contribution in [2.24, 2.45) is 5.73 Å². The van der Waals surface area contributed by atoms with Crippen LogP contribution in [-0.2, 0) is 4.79 Å². The van der Waals surface area contributed by atoms with Gasteiger partial charge in [0.1, 0.15) is 11.2 Å². The van der Waals surface area contributed by atoms with Crippen LogP contribution in [0.1, 0.15) is 48.9 Å². The zero-order chi connectivity index (χ0) is 19.3. The molecule has 142 valence electrons. The molecule has 0 aliphatic heterocycles. The van der Waals surface area contributed by atoms with Gasteiger partial charge in [-0.15, -0.1) is 0 Å². The number of aromatic nitrogens is 2. The Bertz CT molecular complexity index is 811. The SMILES string of the molecule is CNc1nccnc1-c1ccc(C(=O)NC2(C(N)=O)CCCCCC2)cc1. The quantitative estimate of drug-likeness (QED) is 0.703. The predicted molar refractivity (Wildman–Crippen MR) is 104 cm³/mol. The van der Waals surface area contributed by atoms with Crippen LogP contribution in [0.4, 0.5) is 5.82 Å². The van der Waals surface area contributed by atoms with E-state index in [1.165, 1.54) is 0 Å². The Balaban J connectivity index is 1.80. The second-order valence-corrected chi connectivity index (χ2v) is 6.90. The van der Waals surface area contributed by atoms with Crippen LogP contribution >= 0.6 is 0 Å². The van der Waals surface area contributed by atoms with E-state index in [4.69, 9.17) is 5.73 Å². The van der Waals surface area contributed by atoms with Crippen molar-refractivity contribution in [3.8, 4) is 11.3 Å². The minimum absolute atomic E-state index is 0.282. The molecule has 1 aromatic carbocycles. The van der Waals surface area contributed by atoms with Crippen molar-refractivity contribution in [2.45, 2.75) is 44.1 Å². The van der Waals surface area contributed by atoms with Gasteiger partial charge in [-0.1, -0.05) is 37.8 Å². The molecule has 2 aromatic rings. The summed E-state index contributed by atoms with van der Waals surface area (Å²) in [5, 5.41) is 5.92. The Hall–Kier alpha value is -2.96. The minimum atomic E-state index is -0.948. The van der Waals surface area contributed by atoms with Gasteiger partial charge in [-0.05, 0) is 25.0 Å². The number of carbonyl (C=O) groups excluding carboxylic acids is 2. The number of benzene rings is 1. The zero-order valence-corrected chi connectivity index (χ0v) is 15.5. The van der Waals surface area contributed by atoms with Crippen molar-refractivity contribution in [2.75, 3.05) is 12.4 Å². The molecule has 0 atom stereocenters. The smallest absolute Gasteiger partial charge is 0.252 e. The molecule has 0 bridgehead atoms. The summed E-state index contributed by atoms with van der Waals surface area (Å²) < 4.78 is 0. The predicted octanol–water partition coefficient (Wildman–Crippen LogP) is 2.49. The van der Waals surface area contributed by atoms with E-state index in [2.05, 4.69) is 20.6 Å². The van der Waals surface area contributed by atoms with Crippen molar-refractivity contribution >= 4 is 17.6 Å². The number of carbonyl (C=O) groups is 2. The third kappa shape index (κ3) is 4.07. The lowest BCUT2D eigenvalue weighted by Crippen LogP contribution is -2.57. The van der Waals surface area contributed by atoms with Gasteiger partial charge in [0.2, 0.25) is 5.91 Å². The molecule has 1 aliphatic carbocycles. The Morgan fingerprint density at radius 3 is 2.22 bits per heavy atom. The largest absolute Gasteiger partial charge is 0.371 e. The number of nitrogens with one attached hydrogen (secondary N) is 2. The first-order valence-electron chi connectivity index (χ1n) is 9.27. The number of primary amides is 1. The van der Waals surface area contributed by atoms with Gasteiger partial charge in [-0.3, -0.25) is 14.6 Å². The van der Waals surface area contributed by atoms with Gasteiger partial charge in [0.25, 0.3) is 5.91 Å². The second kappa shape index (κ2) is 8.16. The van der Waals surface area contributed by atoms with Crippen LogP contribution in [-0.4, -0.2) is 34.4 Å². The number of hydrogen-bond donors (Lipinski definition) is 3. The molecule has 1 aromatic heterocycles. The fourth-order valence-corrected chi connectivity index (χ4v) is 3.57. The summed E-state index contributed by atoms with van der Waals surface area (Å²) in [6.45, 7) is 0. The summed E-state index contributed by atoms with van der Waals surface area (Å²) in [6, 6.07) is 7.10. The van der Waals surface area contributed by atoms with Gasteiger partial charge in [0, 0.05) is 30.6 Å². The molecule has 0 radical (unpaired) electrons. The monoisotopic (exact) mass is 367 g/mol. The van der Waals surface area contributed by atoms with E-state index in [9.17, 15) is 9.59 Å². The molecular weight excluding hydrogens is 342 g/mol. The zero-order valence-electron chi connectivity index (χ0n) is 15.5. The fourth-order valence-electron chi connectivity index (χ4n) is 3.57. The summed E-state index contributed by atoms with van der Waals surface area (Å²) in [7, 11) is 1.78. The molecule has 1 heterocycles. The molecule has 4 N–H and O–H groups in total. The van der Waals surface area contributed by atoms with E-state index in [-0.39, 0.29) is 5.91 Å². The van der Waals surface area contributed by atoms with Gasteiger partial charge in [0.15, 0.2) is 5.82 Å². The molecule has 7 heteroatoms. The molecule has 1 fully saturated rings. The van der Waals surface area contributed by atoms with Gasteiger partial charge in [0.05, 0.1) is 0 Å². The second-order valence-electron chi connectivity index (χ2n) is 6.90. The third-order valence-corrected chi connectivity index (χ3v) is 5.14. The average molecular weight is 367 g/mol. The van der Waals surface area contributed by atoms with Crippen LogP contribution in [0.15, 0.2) is 36.7 Å². The van der Waals surface area contributed by atoms with Crippen LogP contribution in [0.2, 0.25) is 0 Å². The van der Waals surface area contributed by atoms with Crippen LogP contribution in [0, 0.1) is 0 Å². The molecule has 0 unspecified atom stereocenters. The Morgan fingerprint density at radius 1 is 1.00 bits per heavy atom. The number of anilines is 1. The van der Waals surface area contributed by atoms with Crippen LogP contribution < -0.4 is 16.4 Å². The van der Waals surface area contributed by atoms with Gasteiger partial charge >= 0.3 is 0 Å². The summed E-state index contributed by atoms with van der Waals surface area (Å²) in [4.78, 5) is 33.4. The molecule has 27 heavy (non-hydrogen) atoms. The molecule has 0 saturated heterocycles. The molecule has 0 spiro atoms. The highest BCUT2D eigenvalue weighted by Gasteiger charge is 2.38. The lowest BCUT2D eigenvalue weighted by molar-refractivity contribution is -0.124. The highest BCUT2D eigenvalue weighted by Crippen LogP contribution is 2.28. The van der Waals surface area contributed by atoms with E-state index >= 15 is 0 Å². The third-order valence-electron chi connectivity index (χ3n) is 5.14. The first-order valence-corrected chi connectivity index (χ1v) is 9.27. The van der Waals surface area contributed by atoms with Crippen molar-refractivity contribution in [3.63, 3.8) is 0 Å². The highest BCUT2D eigenvalue weighted by atomic mass is 16.2. The van der Waals surface area contributed by atoms with E-state index in [0.29, 0.717) is 29.9 Å². The number of amides is 2. The van der Waals surface area contributed by atoms with Gasteiger partial charge in [-0.2, -0.15) is 0 Å². The summed E-state index contributed by atoms with van der Waals surface area (Å²) >= 11 is 0. The molecular formula is C20H25N5O2. The average Bonchev–Trinajstić information content (AvgIpc) is 2.94. The molecule has 3 rings (SSSR count). The number of nitrogens with two attached hydrogens (primary N) is 1. The topological polar surface area (TPSA) is 110 Å². The van der Waals surface area contributed by atoms with Crippen molar-refractivity contribution in [1.29, 1.82) is 0 Å². The molecule has 1 aliphatic rings. The Kier molecular flexibility index (Phi) is 5.69. The first-order chi connectivity index (χ1) is 13.1. The molecule has 7 nitrogen and oxygen atoms in total. The maximum absolute atomic E-state index is 12.7. The lowest BCUT2D eigenvalue weighted by Gasteiger charge is -2.30. The maximum Gasteiger partial charge on any atom is 0.252 e. The number of nitrogens with zero attached hydrogens (tertiary/aromatic N) is 2. The van der Waals surface area contributed by atoms with Crippen LogP contribution in [0.3, 0.4) is 0 Å². The normalized spacial score (nSPS) is 16.2. The van der Waals surface area contributed by atoms with E-state index in [1.807, 2.05) is 12.1 Å². The molecule has 1 saturated carbocycles. The number of hydrogen-bond acceptors (Lipinski definition) is 5. The van der Waals surface area contributed by atoms with E-state index in [1.54, 1.807) is 31.6 Å². The van der Waals surface area contributed by atoms with Gasteiger partial charge in [-0.25, -0.2) is 4.98 Å². The lowest BCUT2D eigenvalue weighted by atomic mass is 9.89. The number of rotatable bonds is 5. The molecule has 2 amide bonds. The van der Waals surface area contributed by atoms with Gasteiger partial charge < -0.3 is 16.4 Å². The Labute approximate surface area is 158 Å². The van der Waals surface area contributed by atoms with Crippen LogP contribution in [0.5, 0.6) is 0 Å². The van der Waals surface area contributed by atoms with Crippen molar-refractivity contribution in [1.82, 2.24) is 15.3 Å². The van der Waals surface area contributed by atoms with E-state index in [0.717, 1.165) is 31.2 Å². The fraction of sp³-hybridized carbons (Fsp3) is 0.400. The minimum Gasteiger partial charge on any atom is -0.371 e. The summed E-state index contributed by atoms with van der Waals surface area (Å²) in [6.07, 6.45) is 8.33. The van der Waals surface area contributed by atoms with Crippen LogP contribution in [0.25, 0.3) is 11.3 Å². The standard InChI is InChI=1S/C20H25N5O2/c1-22-17-16(23-12-13-24-17)14-6-8-15(9-7-14)18(26)25-20(19(21)27)10-4-2-3-5-11-20/h6-9,12-13H,2-5,10-11H2,1H3,(H2,21,27)(H,22,24)(H,25,26). The summed E-state index contributed by atoms with van der Waals surface area (Å²) in [5.41, 5.74) is 6.75. The van der Waals surface area contributed by atoms with E-state index < -0.39 is 11.4 Å².